The van der Waals surface area contributed by atoms with Crippen molar-refractivity contribution in [1.29, 1.82) is 0 Å². The average Bonchev–Trinajstić information content (AvgIpc) is 1.25. The highest BCUT2D eigenvalue weighted by molar-refractivity contribution is 7.68. The van der Waals surface area contributed by atoms with Gasteiger partial charge in [0.2, 0.25) is 0 Å². The second-order valence-corrected chi connectivity index (χ2v) is 43.5. The van der Waals surface area contributed by atoms with Crippen LogP contribution in [0.4, 0.5) is 0 Å². The fraction of sp³-hybridized carbons (Fsp3) is 1.00. The lowest BCUT2D eigenvalue weighted by molar-refractivity contribution is 1.92. The summed E-state index contributed by atoms with van der Waals surface area (Å²) in [6.07, 6.45) is 0. The summed E-state index contributed by atoms with van der Waals surface area (Å²) in [5, 5.41) is 0. The molecule has 0 rings (SSSR count). The highest BCUT2D eigenvalue weighted by atomic mass is 29.8. The Bertz CT molecular complexity index is 63.0. The Balaban J connectivity index is 4.02. The fourth-order valence-corrected chi connectivity index (χ4v) is 0. The van der Waals surface area contributed by atoms with Gasteiger partial charge in [0.05, 0.1) is 0 Å². The molecule has 0 amide bonds. The van der Waals surface area contributed by atoms with E-state index in [4.69, 9.17) is 0 Å². The van der Waals surface area contributed by atoms with Crippen molar-refractivity contribution in [3.8, 4) is 0 Å². The summed E-state index contributed by atoms with van der Waals surface area (Å²) < 4.78 is 0. The van der Waals surface area contributed by atoms with Crippen molar-refractivity contribution in [2.75, 3.05) is 0 Å². The van der Waals surface area contributed by atoms with Crippen LogP contribution in [-0.2, 0) is 0 Å². The minimum absolute atomic E-state index is 0.519. The molecule has 0 aliphatic rings. The first kappa shape index (κ1) is 8.87. The molecule has 0 aliphatic heterocycles. The Morgan fingerprint density at radius 3 is 0.875 bits per heavy atom. The van der Waals surface area contributed by atoms with E-state index >= 15 is 0 Å². The third-order valence-corrected chi connectivity index (χ3v) is 56.2. The third-order valence-electron chi connectivity index (χ3n) is 2.25. The normalized spacial score (nSPS) is 15.0. The molecule has 8 heavy (non-hydrogen) atoms. The van der Waals surface area contributed by atoms with Gasteiger partial charge in [-0.25, -0.2) is 0 Å². The van der Waals surface area contributed by atoms with Crippen LogP contribution in [0.2, 0.25) is 26.2 Å². The number of hydrogen-bond acceptors (Lipinski definition) is 0. The summed E-state index contributed by atoms with van der Waals surface area (Å²) in [7, 11) is 2.01. The molecule has 0 spiro atoms. The molecule has 0 aliphatic carbocycles. The molecule has 0 unspecified atom stereocenters. The largest absolute Gasteiger partial charge is 0.0741 e. The van der Waals surface area contributed by atoms with Crippen LogP contribution < -0.4 is 0 Å². The van der Waals surface area contributed by atoms with E-state index < -0.39 is 14.2 Å². The summed E-state index contributed by atoms with van der Waals surface area (Å²) in [5.74, 6) is 0. The van der Waals surface area contributed by atoms with E-state index in [0.717, 1.165) is 0 Å². The van der Waals surface area contributed by atoms with Crippen LogP contribution in [0.3, 0.4) is 0 Å². The Morgan fingerprint density at radius 2 is 0.875 bits per heavy atom. The lowest BCUT2D eigenvalue weighted by Crippen LogP contribution is -2.56. The van der Waals surface area contributed by atoms with E-state index in [-0.39, 0.29) is 0 Å². The summed E-state index contributed by atoms with van der Waals surface area (Å²) in [6, 6.07) is 0. The van der Waals surface area contributed by atoms with Gasteiger partial charge in [-0.2, -0.15) is 0 Å². The van der Waals surface area contributed by atoms with Crippen molar-refractivity contribution in [1.82, 2.24) is 0 Å². The van der Waals surface area contributed by atoms with Gasteiger partial charge in [-0.1, -0.05) is 26.2 Å². The highest BCUT2D eigenvalue weighted by Crippen LogP contribution is 2.09. The van der Waals surface area contributed by atoms with E-state index in [1.807, 2.05) is 0 Å². The smallest absolute Gasteiger partial charge is 0.0219 e. The van der Waals surface area contributed by atoms with Gasteiger partial charge < -0.3 is 0 Å². The van der Waals surface area contributed by atoms with E-state index in [9.17, 15) is 0 Å². The zero-order chi connectivity index (χ0) is 7.00. The standard InChI is InChI=1S/C4H18Si4/c1-7(2,5)8(3,4)6/h1-6H3. The van der Waals surface area contributed by atoms with Crippen molar-refractivity contribution in [3.63, 3.8) is 0 Å². The molecule has 4 heteroatoms. The Hall–Kier alpha value is 0.868. The Morgan fingerprint density at radius 1 is 0.750 bits per heavy atom. The molecule has 0 aromatic carbocycles. The molecular formula is C4H18Si4. The van der Waals surface area contributed by atoms with Gasteiger partial charge in [-0.05, 0) is 19.5 Å². The molecule has 0 aromatic heterocycles. The zero-order valence-corrected chi connectivity index (χ0v) is 13.0. The van der Waals surface area contributed by atoms with Crippen LogP contribution in [-0.4, -0.2) is 33.7 Å². The lowest BCUT2D eigenvalue weighted by atomic mass is 11.9. The number of hydrogen-bond donors (Lipinski definition) is 0. The van der Waals surface area contributed by atoms with Crippen LogP contribution in [0.1, 0.15) is 0 Å². The predicted octanol–water partition coefficient (Wildman–Crippen LogP) is -0.794. The van der Waals surface area contributed by atoms with E-state index in [0.29, 0.717) is 0 Å². The molecule has 0 N–H and O–H groups in total. The molecule has 0 saturated heterocycles. The predicted molar refractivity (Wildman–Crippen MR) is 54.8 cm³/mol. The highest BCUT2D eigenvalue weighted by Gasteiger charge is 2.30. The van der Waals surface area contributed by atoms with Crippen LogP contribution in [0.25, 0.3) is 0 Å². The van der Waals surface area contributed by atoms with Gasteiger partial charge in [-0.3, -0.25) is 0 Å². The number of rotatable bonds is 1. The maximum absolute atomic E-state index is 2.57. The molecule has 0 nitrogen and oxygen atoms in total. The van der Waals surface area contributed by atoms with Crippen molar-refractivity contribution in [2.45, 2.75) is 26.2 Å². The quantitative estimate of drug-likeness (QED) is 0.462. The van der Waals surface area contributed by atoms with E-state index in [1.165, 1.54) is 19.5 Å². The van der Waals surface area contributed by atoms with Crippen molar-refractivity contribution in [2.24, 2.45) is 0 Å². The van der Waals surface area contributed by atoms with Crippen LogP contribution in [0, 0.1) is 0 Å². The van der Waals surface area contributed by atoms with E-state index in [2.05, 4.69) is 26.2 Å². The molecule has 0 saturated carbocycles. The molecule has 0 radical (unpaired) electrons. The summed E-state index contributed by atoms with van der Waals surface area (Å²) in [6.45, 7) is 10.3. The Labute approximate surface area is 60.3 Å². The van der Waals surface area contributed by atoms with Gasteiger partial charge in [0, 0.05) is 14.2 Å². The molecular weight excluding hydrogens is 160 g/mol. The minimum Gasteiger partial charge on any atom is -0.0741 e. The molecule has 0 aromatic rings. The second kappa shape index (κ2) is 2.24. The van der Waals surface area contributed by atoms with Crippen molar-refractivity contribution in [3.05, 3.63) is 0 Å². The van der Waals surface area contributed by atoms with Gasteiger partial charge in [0.15, 0.2) is 0 Å². The third kappa shape index (κ3) is 2.43. The SMILES string of the molecule is C[Si](C)([SiH3])[Si](C)(C)[SiH3]. The maximum Gasteiger partial charge on any atom is 0.0219 e. The maximum atomic E-state index is 2.57. The Kier molecular flexibility index (Phi) is 2.48. The second-order valence-electron chi connectivity index (χ2n) is 4.50. The van der Waals surface area contributed by atoms with Gasteiger partial charge >= 0.3 is 0 Å². The van der Waals surface area contributed by atoms with Gasteiger partial charge in [0.25, 0.3) is 0 Å². The first-order chi connectivity index (χ1) is 3.25. The zero-order valence-electron chi connectivity index (χ0n) is 7.00. The molecule has 0 heterocycles. The first-order valence-corrected chi connectivity index (χ1v) is 17.2. The summed E-state index contributed by atoms with van der Waals surface area (Å²) >= 11 is 0. The minimum atomic E-state index is -0.519. The van der Waals surface area contributed by atoms with Crippen molar-refractivity contribution >= 4 is 33.7 Å². The molecule has 0 fully saturated rings. The summed E-state index contributed by atoms with van der Waals surface area (Å²) in [5.41, 5.74) is 0. The molecule has 50 valence electrons. The molecule has 0 bridgehead atoms. The van der Waals surface area contributed by atoms with Crippen LogP contribution in [0.15, 0.2) is 0 Å². The van der Waals surface area contributed by atoms with Crippen molar-refractivity contribution < 1.29 is 0 Å². The lowest BCUT2D eigenvalue weighted by Gasteiger charge is -2.31. The van der Waals surface area contributed by atoms with Crippen LogP contribution in [0.5, 0.6) is 0 Å². The van der Waals surface area contributed by atoms with Gasteiger partial charge in [0.1, 0.15) is 0 Å². The van der Waals surface area contributed by atoms with Crippen LogP contribution >= 0.6 is 0 Å². The monoisotopic (exact) mass is 178 g/mol. The van der Waals surface area contributed by atoms with Gasteiger partial charge in [-0.15, -0.1) is 0 Å². The average molecular weight is 179 g/mol. The van der Waals surface area contributed by atoms with E-state index in [1.54, 1.807) is 0 Å². The molecule has 0 atom stereocenters. The topological polar surface area (TPSA) is 0 Å². The fourth-order valence-electron chi connectivity index (χ4n) is 0. The summed E-state index contributed by atoms with van der Waals surface area (Å²) in [4.78, 5) is 0. The first-order valence-electron chi connectivity index (χ1n) is 3.25.